The molecule has 0 aromatic heterocycles. The Bertz CT molecular complexity index is 576. The zero-order valence-electron chi connectivity index (χ0n) is 12.2. The molecule has 3 nitrogen and oxygen atoms in total. The molecule has 1 spiro atoms. The zero-order chi connectivity index (χ0) is 14.4. The van der Waals surface area contributed by atoms with Crippen molar-refractivity contribution in [3.05, 3.63) is 28.8 Å². The molecule has 2 saturated heterocycles. The molecule has 0 radical (unpaired) electrons. The number of benzene rings is 1. The first-order chi connectivity index (χ1) is 10.2. The Hall–Kier alpha value is -1.06. The number of nitrogens with one attached hydrogen (secondary N) is 1. The van der Waals surface area contributed by atoms with Crippen LogP contribution in [0, 0.1) is 5.41 Å². The molecule has 0 unspecified atom stereocenters. The van der Waals surface area contributed by atoms with E-state index in [4.69, 9.17) is 11.6 Å². The molecule has 112 valence electrons. The standard InChI is InChI=1S/C17H21ClN2O/c18-14-11-13(12-1-2-12)3-4-15(14)20-10-7-17(16(20)21)5-8-19-9-6-17/h3-4,11-12,19H,1-2,5-10H2. The molecule has 1 aromatic rings. The van der Waals surface area contributed by atoms with Gasteiger partial charge in [-0.1, -0.05) is 17.7 Å². The van der Waals surface area contributed by atoms with Gasteiger partial charge in [-0.05, 0) is 68.8 Å². The highest BCUT2D eigenvalue weighted by Gasteiger charge is 2.47. The molecule has 1 saturated carbocycles. The third-order valence-corrected chi connectivity index (χ3v) is 5.69. The molecule has 4 rings (SSSR count). The number of piperidine rings is 1. The van der Waals surface area contributed by atoms with Crippen LogP contribution in [0.25, 0.3) is 0 Å². The summed E-state index contributed by atoms with van der Waals surface area (Å²) in [6.45, 7) is 2.71. The lowest BCUT2D eigenvalue weighted by atomic mass is 9.78. The van der Waals surface area contributed by atoms with Gasteiger partial charge < -0.3 is 10.2 Å². The van der Waals surface area contributed by atoms with Gasteiger partial charge in [-0.2, -0.15) is 0 Å². The van der Waals surface area contributed by atoms with Crippen molar-refractivity contribution in [1.29, 1.82) is 0 Å². The van der Waals surface area contributed by atoms with Crippen LogP contribution >= 0.6 is 11.6 Å². The number of amides is 1. The van der Waals surface area contributed by atoms with E-state index in [-0.39, 0.29) is 11.3 Å². The van der Waals surface area contributed by atoms with Crippen molar-refractivity contribution in [2.45, 2.75) is 38.0 Å². The minimum atomic E-state index is -0.135. The molecule has 21 heavy (non-hydrogen) atoms. The SMILES string of the molecule is O=C1N(c2ccc(C3CC3)cc2Cl)CCC12CCNCC2. The Morgan fingerprint density at radius 1 is 1.19 bits per heavy atom. The smallest absolute Gasteiger partial charge is 0.233 e. The number of rotatable bonds is 2. The Morgan fingerprint density at radius 2 is 1.95 bits per heavy atom. The van der Waals surface area contributed by atoms with Gasteiger partial charge in [0.15, 0.2) is 0 Å². The summed E-state index contributed by atoms with van der Waals surface area (Å²) in [7, 11) is 0. The predicted molar refractivity (Wildman–Crippen MR) is 84.9 cm³/mol. The second-order valence-electron chi connectivity index (χ2n) is 6.72. The molecular formula is C17H21ClN2O. The van der Waals surface area contributed by atoms with E-state index in [1.807, 2.05) is 11.0 Å². The second kappa shape index (κ2) is 4.99. The molecule has 0 atom stereocenters. The number of anilines is 1. The number of nitrogens with zero attached hydrogens (tertiary/aromatic N) is 1. The van der Waals surface area contributed by atoms with Crippen LogP contribution in [0.5, 0.6) is 0 Å². The van der Waals surface area contributed by atoms with E-state index < -0.39 is 0 Å². The average molecular weight is 305 g/mol. The van der Waals surface area contributed by atoms with Crippen LogP contribution in [0.4, 0.5) is 5.69 Å². The summed E-state index contributed by atoms with van der Waals surface area (Å²) in [6, 6.07) is 6.27. The van der Waals surface area contributed by atoms with Crippen molar-refractivity contribution in [2.75, 3.05) is 24.5 Å². The number of hydrogen-bond donors (Lipinski definition) is 1. The van der Waals surface area contributed by atoms with Crippen LogP contribution in [-0.2, 0) is 4.79 Å². The molecule has 3 fully saturated rings. The normalized spacial score (nSPS) is 24.8. The number of hydrogen-bond acceptors (Lipinski definition) is 2. The van der Waals surface area contributed by atoms with E-state index in [1.54, 1.807) is 0 Å². The van der Waals surface area contributed by atoms with Crippen LogP contribution in [0.2, 0.25) is 5.02 Å². The van der Waals surface area contributed by atoms with Crippen molar-refractivity contribution in [2.24, 2.45) is 5.41 Å². The molecule has 2 aliphatic heterocycles. The lowest BCUT2D eigenvalue weighted by Gasteiger charge is -2.32. The Balaban J connectivity index is 1.60. The second-order valence-corrected chi connectivity index (χ2v) is 7.13. The summed E-state index contributed by atoms with van der Waals surface area (Å²) in [6.07, 6.45) is 5.43. The molecule has 1 aliphatic carbocycles. The summed E-state index contributed by atoms with van der Waals surface area (Å²) >= 11 is 6.47. The Morgan fingerprint density at radius 3 is 2.62 bits per heavy atom. The van der Waals surface area contributed by atoms with Crippen LogP contribution in [0.15, 0.2) is 18.2 Å². The average Bonchev–Trinajstić information content (AvgIpc) is 3.30. The van der Waals surface area contributed by atoms with Gasteiger partial charge in [-0.25, -0.2) is 0 Å². The number of carbonyl (C=O) groups is 1. The number of carbonyl (C=O) groups excluding carboxylic acids is 1. The minimum absolute atomic E-state index is 0.135. The van der Waals surface area contributed by atoms with E-state index in [1.165, 1.54) is 18.4 Å². The summed E-state index contributed by atoms with van der Waals surface area (Å²) in [4.78, 5) is 14.8. The van der Waals surface area contributed by atoms with E-state index in [9.17, 15) is 4.79 Å². The fourth-order valence-electron chi connectivity index (χ4n) is 3.83. The van der Waals surface area contributed by atoms with Gasteiger partial charge >= 0.3 is 0 Å². The van der Waals surface area contributed by atoms with Crippen molar-refractivity contribution >= 4 is 23.2 Å². The van der Waals surface area contributed by atoms with Gasteiger partial charge in [-0.3, -0.25) is 4.79 Å². The highest BCUT2D eigenvalue weighted by molar-refractivity contribution is 6.34. The molecular weight excluding hydrogens is 284 g/mol. The van der Waals surface area contributed by atoms with Gasteiger partial charge in [0.05, 0.1) is 16.1 Å². The highest BCUT2D eigenvalue weighted by Crippen LogP contribution is 2.45. The van der Waals surface area contributed by atoms with Crippen molar-refractivity contribution in [3.63, 3.8) is 0 Å². The van der Waals surface area contributed by atoms with Gasteiger partial charge in [-0.15, -0.1) is 0 Å². The largest absolute Gasteiger partial charge is 0.317 e. The first kappa shape index (κ1) is 13.6. The lowest BCUT2D eigenvalue weighted by Crippen LogP contribution is -2.42. The zero-order valence-corrected chi connectivity index (χ0v) is 13.0. The summed E-state index contributed by atoms with van der Waals surface area (Å²) < 4.78 is 0. The topological polar surface area (TPSA) is 32.3 Å². The molecule has 1 N–H and O–H groups in total. The third kappa shape index (κ3) is 2.27. The molecule has 0 bridgehead atoms. The van der Waals surface area contributed by atoms with Crippen molar-refractivity contribution < 1.29 is 4.79 Å². The number of halogens is 1. The lowest BCUT2D eigenvalue weighted by molar-refractivity contribution is -0.126. The Kier molecular flexibility index (Phi) is 3.23. The van der Waals surface area contributed by atoms with E-state index >= 15 is 0 Å². The molecule has 4 heteroatoms. The Labute approximate surface area is 130 Å². The monoisotopic (exact) mass is 304 g/mol. The summed E-state index contributed by atoms with van der Waals surface area (Å²) in [5, 5.41) is 4.09. The first-order valence-electron chi connectivity index (χ1n) is 8.02. The predicted octanol–water partition coefficient (Wildman–Crippen LogP) is 3.32. The summed E-state index contributed by atoms with van der Waals surface area (Å²) in [5.41, 5.74) is 2.09. The van der Waals surface area contributed by atoms with Gasteiger partial charge in [0, 0.05) is 6.54 Å². The van der Waals surface area contributed by atoms with Crippen molar-refractivity contribution in [3.8, 4) is 0 Å². The maximum Gasteiger partial charge on any atom is 0.233 e. The van der Waals surface area contributed by atoms with Gasteiger partial charge in [0.1, 0.15) is 0 Å². The van der Waals surface area contributed by atoms with Gasteiger partial charge in [0.25, 0.3) is 0 Å². The fourth-order valence-corrected chi connectivity index (χ4v) is 4.12. The first-order valence-corrected chi connectivity index (χ1v) is 8.40. The third-order valence-electron chi connectivity index (χ3n) is 5.38. The minimum Gasteiger partial charge on any atom is -0.317 e. The molecule has 2 heterocycles. The highest BCUT2D eigenvalue weighted by atomic mass is 35.5. The molecule has 3 aliphatic rings. The summed E-state index contributed by atoms with van der Waals surface area (Å²) in [5.74, 6) is 0.978. The maximum atomic E-state index is 12.9. The quantitative estimate of drug-likeness (QED) is 0.909. The van der Waals surface area contributed by atoms with Crippen LogP contribution in [0.3, 0.4) is 0 Å². The molecule has 1 amide bonds. The van der Waals surface area contributed by atoms with Crippen LogP contribution in [0.1, 0.15) is 43.6 Å². The van der Waals surface area contributed by atoms with E-state index in [2.05, 4.69) is 17.4 Å². The molecule has 1 aromatic carbocycles. The van der Waals surface area contributed by atoms with E-state index in [0.717, 1.165) is 49.6 Å². The van der Waals surface area contributed by atoms with Crippen LogP contribution in [-0.4, -0.2) is 25.5 Å². The maximum absolute atomic E-state index is 12.9. The van der Waals surface area contributed by atoms with E-state index in [0.29, 0.717) is 5.92 Å². The van der Waals surface area contributed by atoms with Crippen molar-refractivity contribution in [1.82, 2.24) is 5.32 Å². The fraction of sp³-hybridized carbons (Fsp3) is 0.588. The van der Waals surface area contributed by atoms with Crippen LogP contribution < -0.4 is 10.2 Å². The van der Waals surface area contributed by atoms with Gasteiger partial charge in [0.2, 0.25) is 5.91 Å².